The van der Waals surface area contributed by atoms with Gasteiger partial charge in [-0.2, -0.15) is 10.3 Å². The lowest BCUT2D eigenvalue weighted by atomic mass is 10.1. The number of hydrogen-bond acceptors (Lipinski definition) is 5. The Morgan fingerprint density at radius 2 is 1.61 bits per heavy atom. The monoisotopic (exact) mass is 480 g/mol. The zero-order valence-electron chi connectivity index (χ0n) is 21.3. The fourth-order valence-corrected chi connectivity index (χ4v) is 4.44. The molecule has 0 saturated heterocycles. The van der Waals surface area contributed by atoms with E-state index in [1.165, 1.54) is 5.56 Å². The molecule has 5 aromatic rings. The molecule has 36 heavy (non-hydrogen) atoms. The van der Waals surface area contributed by atoms with Crippen LogP contribution in [0.25, 0.3) is 28.3 Å². The first-order valence-corrected chi connectivity index (χ1v) is 12.5. The van der Waals surface area contributed by atoms with Gasteiger partial charge in [-0.05, 0) is 46.4 Å². The van der Waals surface area contributed by atoms with Gasteiger partial charge in [0.25, 0.3) is 0 Å². The Balaban J connectivity index is 1.45. The molecule has 3 aromatic heterocycles. The highest BCUT2D eigenvalue weighted by Gasteiger charge is 2.18. The summed E-state index contributed by atoms with van der Waals surface area (Å²) >= 11 is 0. The predicted molar refractivity (Wildman–Crippen MR) is 141 cm³/mol. The molecule has 3 heterocycles. The highest BCUT2D eigenvalue weighted by Crippen LogP contribution is 2.33. The Labute approximate surface area is 211 Å². The summed E-state index contributed by atoms with van der Waals surface area (Å²) < 4.78 is 4.18. The van der Waals surface area contributed by atoms with Crippen LogP contribution < -0.4 is 0 Å². The molecule has 8 heteroatoms. The molecule has 8 nitrogen and oxygen atoms in total. The lowest BCUT2D eigenvalue weighted by Gasteiger charge is -2.11. The van der Waals surface area contributed by atoms with Crippen molar-refractivity contribution in [1.29, 1.82) is 0 Å². The van der Waals surface area contributed by atoms with Crippen LogP contribution in [-0.2, 0) is 19.4 Å². The molecule has 5 rings (SSSR count). The van der Waals surface area contributed by atoms with Crippen LogP contribution in [0.4, 0.5) is 0 Å². The molecule has 0 fully saturated rings. The van der Waals surface area contributed by atoms with Crippen LogP contribution in [-0.4, -0.2) is 40.0 Å². The quantitative estimate of drug-likeness (QED) is 0.307. The van der Waals surface area contributed by atoms with Gasteiger partial charge in [0.2, 0.25) is 5.82 Å². The molecule has 0 aliphatic carbocycles. The molecule has 0 aliphatic heterocycles. The molecule has 1 N–H and O–H groups in total. The summed E-state index contributed by atoms with van der Waals surface area (Å²) in [6.45, 7) is 9.55. The largest absolute Gasteiger partial charge is 0.313 e. The molecule has 0 unspecified atom stereocenters. The van der Waals surface area contributed by atoms with Gasteiger partial charge in [0, 0.05) is 30.3 Å². The van der Waals surface area contributed by atoms with Gasteiger partial charge in [-0.3, -0.25) is 0 Å². The maximum absolute atomic E-state index is 4.85. The average molecular weight is 481 g/mol. The lowest BCUT2D eigenvalue weighted by molar-refractivity contribution is 0.560. The standard InChI is InChI=1S/C28H32N8/c1-19(2)16-25-29-26(17-20(3)4)36(32-25)18-21-10-12-23(13-11-21)35-15-14-24(22-8-6-5-7-9-22)27(35)28-30-33-34-31-28/h5-15,19-20H,16-18H2,1-4H3,(H,30,31,33,34). The fourth-order valence-electron chi connectivity index (χ4n) is 4.44. The van der Waals surface area contributed by atoms with Gasteiger partial charge in [-0.25, -0.2) is 9.67 Å². The van der Waals surface area contributed by atoms with E-state index in [1.54, 1.807) is 0 Å². The first-order chi connectivity index (χ1) is 17.5. The van der Waals surface area contributed by atoms with Gasteiger partial charge < -0.3 is 4.57 Å². The maximum Gasteiger partial charge on any atom is 0.221 e. The summed E-state index contributed by atoms with van der Waals surface area (Å²) in [6.07, 6.45) is 3.87. The number of H-pyrrole nitrogens is 1. The van der Waals surface area contributed by atoms with Crippen molar-refractivity contribution in [1.82, 2.24) is 40.0 Å². The predicted octanol–water partition coefficient (Wildman–Crippen LogP) is 5.36. The number of rotatable bonds is 9. The molecule has 184 valence electrons. The van der Waals surface area contributed by atoms with Crippen molar-refractivity contribution in [3.8, 4) is 28.3 Å². The second kappa shape index (κ2) is 10.3. The summed E-state index contributed by atoms with van der Waals surface area (Å²) in [5.74, 6) is 3.60. The lowest BCUT2D eigenvalue weighted by Crippen LogP contribution is -2.09. The molecule has 0 spiro atoms. The summed E-state index contributed by atoms with van der Waals surface area (Å²) in [4.78, 5) is 4.85. The molecule has 0 bridgehead atoms. The molecule has 0 amide bonds. The molecule has 0 atom stereocenters. The van der Waals surface area contributed by atoms with Crippen molar-refractivity contribution in [2.45, 2.75) is 47.1 Å². The minimum atomic E-state index is 0.526. The van der Waals surface area contributed by atoms with Crippen molar-refractivity contribution >= 4 is 0 Å². The zero-order chi connectivity index (χ0) is 25.1. The van der Waals surface area contributed by atoms with Crippen LogP contribution in [0.1, 0.15) is 44.9 Å². The number of nitrogens with one attached hydrogen (secondary N) is 1. The van der Waals surface area contributed by atoms with Gasteiger partial charge in [0.1, 0.15) is 11.5 Å². The van der Waals surface area contributed by atoms with Crippen molar-refractivity contribution in [3.63, 3.8) is 0 Å². The van der Waals surface area contributed by atoms with E-state index in [2.05, 4.69) is 106 Å². The van der Waals surface area contributed by atoms with Crippen LogP contribution >= 0.6 is 0 Å². The Kier molecular flexibility index (Phi) is 6.75. The Hall–Kier alpha value is -4.07. The second-order valence-electron chi connectivity index (χ2n) is 10.0. The van der Waals surface area contributed by atoms with E-state index in [-0.39, 0.29) is 0 Å². The maximum atomic E-state index is 4.85. The van der Waals surface area contributed by atoms with Crippen molar-refractivity contribution in [3.05, 3.63) is 84.1 Å². The van der Waals surface area contributed by atoms with Gasteiger partial charge in [-0.15, -0.1) is 10.2 Å². The van der Waals surface area contributed by atoms with Crippen LogP contribution in [0.2, 0.25) is 0 Å². The van der Waals surface area contributed by atoms with Crippen molar-refractivity contribution in [2.24, 2.45) is 11.8 Å². The topological polar surface area (TPSA) is 90.1 Å². The smallest absolute Gasteiger partial charge is 0.221 e. The number of benzene rings is 2. The van der Waals surface area contributed by atoms with E-state index >= 15 is 0 Å². The van der Waals surface area contributed by atoms with Gasteiger partial charge in [0.15, 0.2) is 5.82 Å². The van der Waals surface area contributed by atoms with E-state index in [1.807, 2.05) is 18.2 Å². The number of hydrogen-bond donors (Lipinski definition) is 1. The molecule has 0 radical (unpaired) electrons. The molecular weight excluding hydrogens is 448 g/mol. The summed E-state index contributed by atoms with van der Waals surface area (Å²) in [6, 6.07) is 20.9. The Morgan fingerprint density at radius 1 is 0.861 bits per heavy atom. The van der Waals surface area contributed by atoms with Gasteiger partial charge in [0.05, 0.1) is 6.54 Å². The third kappa shape index (κ3) is 5.12. The molecule has 0 aliphatic rings. The van der Waals surface area contributed by atoms with Gasteiger partial charge in [-0.1, -0.05) is 70.2 Å². The molecule has 0 saturated carbocycles. The number of nitrogens with zero attached hydrogens (tertiary/aromatic N) is 7. The molecule has 2 aromatic carbocycles. The third-order valence-corrected chi connectivity index (χ3v) is 6.05. The fraction of sp³-hybridized carbons (Fsp3) is 0.321. The first kappa shape index (κ1) is 23.7. The summed E-state index contributed by atoms with van der Waals surface area (Å²) in [5.41, 5.74) is 5.27. The highest BCUT2D eigenvalue weighted by molar-refractivity contribution is 5.80. The van der Waals surface area contributed by atoms with Crippen molar-refractivity contribution < 1.29 is 0 Å². The number of aromatic nitrogens is 8. The Bertz CT molecular complexity index is 1390. The average Bonchev–Trinajstić information content (AvgIpc) is 3.60. The zero-order valence-corrected chi connectivity index (χ0v) is 21.3. The summed E-state index contributed by atoms with van der Waals surface area (Å²) in [7, 11) is 0. The van der Waals surface area contributed by atoms with E-state index in [0.29, 0.717) is 24.2 Å². The van der Waals surface area contributed by atoms with E-state index in [9.17, 15) is 0 Å². The van der Waals surface area contributed by atoms with Crippen molar-refractivity contribution in [2.75, 3.05) is 0 Å². The SMILES string of the molecule is CC(C)Cc1nc(CC(C)C)n(Cc2ccc(-n3ccc(-c4ccccc4)c3-c3nn[nH]n3)cc2)n1. The van der Waals surface area contributed by atoms with Crippen LogP contribution in [0, 0.1) is 11.8 Å². The molecular formula is C28H32N8. The van der Waals surface area contributed by atoms with E-state index < -0.39 is 0 Å². The Morgan fingerprint density at radius 3 is 2.28 bits per heavy atom. The van der Waals surface area contributed by atoms with Gasteiger partial charge >= 0.3 is 0 Å². The minimum Gasteiger partial charge on any atom is -0.313 e. The minimum absolute atomic E-state index is 0.526. The summed E-state index contributed by atoms with van der Waals surface area (Å²) in [5, 5.41) is 19.8. The van der Waals surface area contributed by atoms with E-state index in [4.69, 9.17) is 10.1 Å². The third-order valence-electron chi connectivity index (χ3n) is 6.05. The van der Waals surface area contributed by atoms with Crippen LogP contribution in [0.3, 0.4) is 0 Å². The van der Waals surface area contributed by atoms with Crippen LogP contribution in [0.5, 0.6) is 0 Å². The number of tetrazole rings is 1. The van der Waals surface area contributed by atoms with E-state index in [0.717, 1.165) is 47.0 Å². The first-order valence-electron chi connectivity index (χ1n) is 12.5. The second-order valence-corrected chi connectivity index (χ2v) is 10.0. The normalized spacial score (nSPS) is 11.6. The highest BCUT2D eigenvalue weighted by atomic mass is 15.5. The van der Waals surface area contributed by atoms with Crippen LogP contribution in [0.15, 0.2) is 66.9 Å². The number of aromatic amines is 1.